The predicted molar refractivity (Wildman–Crippen MR) is 162 cm³/mol. The molecule has 0 aliphatic carbocycles. The standard InChI is InChI=1S/C32H36N2O7S/c1-7-9-10-16-40-24-14-12-22(19-26(24)39-6)29-28(31(36)41-15-8-2)20(3)33-32-34(29)30(35)27(42-32)18-21-11-13-23(37-4)25(17-21)38-5/h8,11-14,17-19,29H,2,7,9-10,15-16H2,1,3-6H3. The molecule has 1 aliphatic rings. The van der Waals surface area contributed by atoms with Crippen LogP contribution in [0, 0.1) is 0 Å². The van der Waals surface area contributed by atoms with Crippen LogP contribution in [0.3, 0.4) is 0 Å². The number of benzene rings is 2. The lowest BCUT2D eigenvalue weighted by Crippen LogP contribution is -2.40. The van der Waals surface area contributed by atoms with Gasteiger partial charge in [0, 0.05) is 0 Å². The Kier molecular flexibility index (Phi) is 10.2. The summed E-state index contributed by atoms with van der Waals surface area (Å²) in [7, 11) is 4.68. The minimum absolute atomic E-state index is 0.0277. The summed E-state index contributed by atoms with van der Waals surface area (Å²) in [6.45, 7) is 8.10. The molecule has 2 heterocycles. The van der Waals surface area contributed by atoms with Crippen LogP contribution in [0.2, 0.25) is 0 Å². The van der Waals surface area contributed by atoms with Crippen molar-refractivity contribution >= 4 is 23.4 Å². The van der Waals surface area contributed by atoms with Gasteiger partial charge < -0.3 is 23.7 Å². The van der Waals surface area contributed by atoms with Crippen molar-refractivity contribution in [1.29, 1.82) is 0 Å². The zero-order valence-corrected chi connectivity index (χ0v) is 25.4. The maximum atomic E-state index is 14.0. The molecular weight excluding hydrogens is 556 g/mol. The molecule has 1 atom stereocenters. The quantitative estimate of drug-likeness (QED) is 0.163. The number of allylic oxidation sites excluding steroid dienone is 1. The Hall–Kier alpha value is -4.31. The van der Waals surface area contributed by atoms with Gasteiger partial charge in [-0.3, -0.25) is 9.36 Å². The number of nitrogens with zero attached hydrogens (tertiary/aromatic N) is 2. The van der Waals surface area contributed by atoms with E-state index in [9.17, 15) is 9.59 Å². The van der Waals surface area contributed by atoms with Crippen molar-refractivity contribution in [1.82, 2.24) is 4.57 Å². The third-order valence-corrected chi connectivity index (χ3v) is 7.77. The van der Waals surface area contributed by atoms with Gasteiger partial charge in [-0.2, -0.15) is 0 Å². The van der Waals surface area contributed by atoms with Crippen molar-refractivity contribution in [2.45, 2.75) is 39.2 Å². The second-order valence-corrected chi connectivity index (χ2v) is 10.6. The molecule has 0 saturated heterocycles. The van der Waals surface area contributed by atoms with Gasteiger partial charge in [0.1, 0.15) is 6.61 Å². The maximum absolute atomic E-state index is 14.0. The fourth-order valence-corrected chi connectivity index (χ4v) is 5.76. The van der Waals surface area contributed by atoms with Crippen LogP contribution in [0.1, 0.15) is 50.3 Å². The first kappa shape index (κ1) is 30.6. The Morgan fingerprint density at radius 3 is 2.43 bits per heavy atom. The zero-order chi connectivity index (χ0) is 30.2. The van der Waals surface area contributed by atoms with E-state index in [0.717, 1.165) is 24.8 Å². The van der Waals surface area contributed by atoms with Gasteiger partial charge in [-0.15, -0.1) is 0 Å². The average molecular weight is 593 g/mol. The highest BCUT2D eigenvalue weighted by atomic mass is 32.1. The summed E-state index contributed by atoms with van der Waals surface area (Å²) in [5.41, 5.74) is 1.85. The highest BCUT2D eigenvalue weighted by Gasteiger charge is 2.34. The van der Waals surface area contributed by atoms with E-state index >= 15 is 0 Å². The van der Waals surface area contributed by atoms with Crippen molar-refractivity contribution in [2.24, 2.45) is 4.99 Å². The molecule has 9 nitrogen and oxygen atoms in total. The number of thiazole rings is 1. The Bertz CT molecular complexity index is 1670. The summed E-state index contributed by atoms with van der Waals surface area (Å²) < 4.78 is 29.8. The van der Waals surface area contributed by atoms with Gasteiger partial charge in [0.15, 0.2) is 27.8 Å². The molecule has 222 valence electrons. The van der Waals surface area contributed by atoms with E-state index in [1.54, 1.807) is 52.5 Å². The van der Waals surface area contributed by atoms with Crippen molar-refractivity contribution in [3.63, 3.8) is 0 Å². The van der Waals surface area contributed by atoms with Crippen LogP contribution in [0.15, 0.2) is 70.1 Å². The first-order chi connectivity index (χ1) is 20.4. The molecule has 42 heavy (non-hydrogen) atoms. The highest BCUT2D eigenvalue weighted by molar-refractivity contribution is 7.07. The van der Waals surface area contributed by atoms with E-state index in [1.807, 2.05) is 18.2 Å². The summed E-state index contributed by atoms with van der Waals surface area (Å²) in [6, 6.07) is 10.1. The Labute approximate surface area is 249 Å². The number of esters is 1. The molecule has 0 radical (unpaired) electrons. The number of carbonyl (C=O) groups is 1. The minimum atomic E-state index is -0.797. The molecular formula is C32H36N2O7S. The number of methoxy groups -OCH3 is 3. The molecule has 4 rings (SSSR count). The second kappa shape index (κ2) is 14.0. The van der Waals surface area contributed by atoms with E-state index in [2.05, 4.69) is 18.5 Å². The maximum Gasteiger partial charge on any atom is 0.338 e. The molecule has 1 unspecified atom stereocenters. The minimum Gasteiger partial charge on any atom is -0.493 e. The van der Waals surface area contributed by atoms with E-state index in [1.165, 1.54) is 22.0 Å². The number of rotatable bonds is 13. The van der Waals surface area contributed by atoms with Crippen molar-refractivity contribution in [3.05, 3.63) is 91.1 Å². The summed E-state index contributed by atoms with van der Waals surface area (Å²) in [5, 5.41) is 0. The molecule has 3 aromatic rings. The Balaban J connectivity index is 1.86. The average Bonchev–Trinajstić information content (AvgIpc) is 3.30. The third-order valence-electron chi connectivity index (χ3n) is 6.79. The summed E-state index contributed by atoms with van der Waals surface area (Å²) in [4.78, 5) is 32.4. The number of hydrogen-bond donors (Lipinski definition) is 0. The molecule has 0 amide bonds. The lowest BCUT2D eigenvalue weighted by molar-refractivity contribution is -0.138. The van der Waals surface area contributed by atoms with Crippen molar-refractivity contribution < 1.29 is 28.5 Å². The number of carbonyl (C=O) groups excluding carboxylic acids is 1. The van der Waals surface area contributed by atoms with Crippen LogP contribution in [0.4, 0.5) is 0 Å². The lowest BCUT2D eigenvalue weighted by atomic mass is 9.95. The van der Waals surface area contributed by atoms with Gasteiger partial charge in [0.05, 0.1) is 49.8 Å². The molecule has 0 fully saturated rings. The largest absolute Gasteiger partial charge is 0.493 e. The molecule has 10 heteroatoms. The van der Waals surface area contributed by atoms with E-state index in [0.29, 0.717) is 50.2 Å². The predicted octanol–water partition coefficient (Wildman–Crippen LogP) is 4.56. The third kappa shape index (κ3) is 6.44. The Morgan fingerprint density at radius 2 is 1.74 bits per heavy atom. The fourth-order valence-electron chi connectivity index (χ4n) is 4.71. The second-order valence-electron chi connectivity index (χ2n) is 9.55. The molecule has 0 bridgehead atoms. The van der Waals surface area contributed by atoms with Crippen LogP contribution in [-0.4, -0.2) is 45.1 Å². The van der Waals surface area contributed by atoms with Crippen LogP contribution in [0.25, 0.3) is 6.08 Å². The number of aromatic nitrogens is 1. The number of unbranched alkanes of at least 4 members (excludes halogenated alkanes) is 2. The molecule has 0 N–H and O–H groups in total. The zero-order valence-electron chi connectivity index (χ0n) is 24.6. The molecule has 1 aromatic heterocycles. The first-order valence-electron chi connectivity index (χ1n) is 13.7. The van der Waals surface area contributed by atoms with Gasteiger partial charge >= 0.3 is 5.97 Å². The van der Waals surface area contributed by atoms with E-state index in [-0.39, 0.29) is 17.7 Å². The van der Waals surface area contributed by atoms with Gasteiger partial charge in [-0.05, 0) is 54.8 Å². The monoisotopic (exact) mass is 592 g/mol. The van der Waals surface area contributed by atoms with Crippen molar-refractivity contribution in [2.75, 3.05) is 34.5 Å². The lowest BCUT2D eigenvalue weighted by Gasteiger charge is -2.25. The van der Waals surface area contributed by atoms with Crippen LogP contribution < -0.4 is 33.8 Å². The normalized spacial score (nSPS) is 14.6. The van der Waals surface area contributed by atoms with Crippen LogP contribution >= 0.6 is 11.3 Å². The summed E-state index contributed by atoms with van der Waals surface area (Å²) in [5.74, 6) is 1.65. The highest BCUT2D eigenvalue weighted by Crippen LogP contribution is 2.36. The van der Waals surface area contributed by atoms with Gasteiger partial charge in [0.2, 0.25) is 0 Å². The topological polar surface area (TPSA) is 97.6 Å². The Morgan fingerprint density at radius 1 is 1.02 bits per heavy atom. The molecule has 1 aliphatic heterocycles. The summed E-state index contributed by atoms with van der Waals surface area (Å²) in [6.07, 6.45) is 6.35. The van der Waals surface area contributed by atoms with Gasteiger partial charge in [-0.25, -0.2) is 9.79 Å². The van der Waals surface area contributed by atoms with Crippen LogP contribution in [-0.2, 0) is 9.53 Å². The SMILES string of the molecule is C=CCOC(=O)C1=C(C)N=c2sc(=Cc3ccc(OC)c(OC)c3)c(=O)n2C1c1ccc(OCCCCC)c(OC)c1. The number of hydrogen-bond acceptors (Lipinski definition) is 9. The molecule has 0 saturated carbocycles. The van der Waals surface area contributed by atoms with E-state index < -0.39 is 12.0 Å². The summed E-state index contributed by atoms with van der Waals surface area (Å²) >= 11 is 1.24. The molecule has 0 spiro atoms. The van der Waals surface area contributed by atoms with Gasteiger partial charge in [0.25, 0.3) is 5.56 Å². The number of fused-ring (bicyclic) bond motifs is 1. The van der Waals surface area contributed by atoms with E-state index in [4.69, 9.17) is 23.7 Å². The fraction of sp³-hybridized carbons (Fsp3) is 0.344. The van der Waals surface area contributed by atoms with Gasteiger partial charge in [-0.1, -0.05) is 55.9 Å². The van der Waals surface area contributed by atoms with Crippen molar-refractivity contribution in [3.8, 4) is 23.0 Å². The smallest absolute Gasteiger partial charge is 0.338 e. The molecule has 2 aromatic carbocycles. The number of ether oxygens (including phenoxy) is 5. The van der Waals surface area contributed by atoms with Crippen LogP contribution in [0.5, 0.6) is 23.0 Å². The first-order valence-corrected chi connectivity index (χ1v) is 14.5.